The highest BCUT2D eigenvalue weighted by atomic mass is 32.1. The van der Waals surface area contributed by atoms with Crippen LogP contribution in [0, 0.1) is 0 Å². The summed E-state index contributed by atoms with van der Waals surface area (Å²) in [6, 6.07) is 22.4. The smallest absolute Gasteiger partial charge is 0.0645 e. The third kappa shape index (κ3) is 4.29. The Morgan fingerprint density at radius 1 is 0.412 bits per heavy atom. The van der Waals surface area contributed by atoms with Gasteiger partial charge in [-0.25, -0.2) is 0 Å². The van der Waals surface area contributed by atoms with E-state index in [0.29, 0.717) is 11.4 Å². The molecule has 0 atom stereocenters. The SMILES string of the molecule is [2H]c1c([2H])c([2H])c2c(c1[2H])c1c([2H])c(-c3c([2H])c([2H])c4c(c3[2H])c3c([2H])c([2H])c([2H])c([2H])c3n4-c3cc(-c4ccccc4)c4sc5ccccc5c4c3)c([2H])c([2H])c1n2-c1ccccc1. The number of rotatable bonds is 4. The van der Waals surface area contributed by atoms with Crippen molar-refractivity contribution < 1.29 is 19.2 Å². The van der Waals surface area contributed by atoms with E-state index in [-0.39, 0.29) is 43.6 Å². The van der Waals surface area contributed by atoms with Crippen molar-refractivity contribution in [3.05, 3.63) is 182 Å². The number of aromatic nitrogens is 2. The lowest BCUT2D eigenvalue weighted by atomic mass is 10.0. The van der Waals surface area contributed by atoms with Gasteiger partial charge in [0.05, 0.1) is 41.3 Å². The maximum absolute atomic E-state index is 9.95. The van der Waals surface area contributed by atoms with Crippen molar-refractivity contribution in [2.45, 2.75) is 0 Å². The predicted octanol–water partition coefficient (Wildman–Crippen LogP) is 13.6. The van der Waals surface area contributed by atoms with Gasteiger partial charge in [0.1, 0.15) is 0 Å². The Balaban J connectivity index is 1.32. The zero-order valence-corrected chi connectivity index (χ0v) is 27.4. The van der Waals surface area contributed by atoms with Gasteiger partial charge in [-0.3, -0.25) is 0 Å². The monoisotopic (exact) mass is 680 g/mol. The zero-order chi connectivity index (χ0) is 45.7. The number of fused-ring (bicyclic) bond motifs is 9. The standard InChI is InChI=1S/C48H30N2S/c1-3-13-31(14-4-1)39-29-35(30-42-38-19-9-12-22-47(38)51-48(39)42)50-44-21-11-8-18-37(44)41-28-33(24-26-46(41)50)32-23-25-45-40(27-32)36-17-7-10-20-43(36)49(45)34-15-5-2-6-16-34/h1-30H/i7D,8D,10D,11D,17D,18D,20D,21D,23D,24D,25D,26D,27D,28D. The molecule has 0 saturated carbocycles. The number of thiophene rings is 1. The summed E-state index contributed by atoms with van der Waals surface area (Å²) in [6.45, 7) is 0. The molecule has 0 amide bonds. The molecule has 3 aromatic heterocycles. The van der Waals surface area contributed by atoms with Crippen LogP contribution in [0.4, 0.5) is 0 Å². The van der Waals surface area contributed by atoms with Crippen molar-refractivity contribution in [3.8, 4) is 33.6 Å². The molecule has 0 fully saturated rings. The highest BCUT2D eigenvalue weighted by molar-refractivity contribution is 7.26. The first-order chi connectivity index (χ1) is 31.1. The van der Waals surface area contributed by atoms with E-state index in [9.17, 15) is 11.0 Å². The quantitative estimate of drug-likeness (QED) is 0.175. The highest BCUT2D eigenvalue weighted by Gasteiger charge is 2.19. The molecule has 3 heteroatoms. The lowest BCUT2D eigenvalue weighted by Gasteiger charge is -2.13. The molecule has 0 unspecified atom stereocenters. The predicted molar refractivity (Wildman–Crippen MR) is 219 cm³/mol. The second-order valence-corrected chi connectivity index (χ2v) is 13.3. The van der Waals surface area contributed by atoms with E-state index in [1.807, 2.05) is 66.7 Å². The Labute approximate surface area is 318 Å². The molecule has 11 rings (SSSR count). The molecule has 0 aliphatic carbocycles. The summed E-state index contributed by atoms with van der Waals surface area (Å²) in [7, 11) is 0. The maximum atomic E-state index is 9.95. The Morgan fingerprint density at radius 2 is 0.961 bits per heavy atom. The van der Waals surface area contributed by atoms with Gasteiger partial charge >= 0.3 is 0 Å². The molecule has 0 aliphatic rings. The van der Waals surface area contributed by atoms with E-state index in [0.717, 1.165) is 31.3 Å². The Morgan fingerprint density at radius 3 is 1.63 bits per heavy atom. The van der Waals surface area contributed by atoms with Gasteiger partial charge in [0.2, 0.25) is 0 Å². The number of nitrogens with zero attached hydrogens (tertiary/aromatic N) is 2. The van der Waals surface area contributed by atoms with Crippen molar-refractivity contribution in [2.75, 3.05) is 0 Å². The van der Waals surface area contributed by atoms with Gasteiger partial charge in [-0.15, -0.1) is 11.3 Å². The van der Waals surface area contributed by atoms with E-state index in [1.165, 1.54) is 9.13 Å². The molecule has 0 saturated heterocycles. The molecule has 11 aromatic rings. The Bertz CT molecular complexity index is 3930. The van der Waals surface area contributed by atoms with Crippen LogP contribution < -0.4 is 0 Å². The highest BCUT2D eigenvalue weighted by Crippen LogP contribution is 2.44. The summed E-state index contributed by atoms with van der Waals surface area (Å²) in [5.74, 6) is 0. The van der Waals surface area contributed by atoms with Crippen LogP contribution in [0.25, 0.3) is 97.4 Å². The fraction of sp³-hybridized carbons (Fsp3) is 0. The molecule has 0 N–H and O–H groups in total. The number of hydrogen-bond donors (Lipinski definition) is 0. The third-order valence-electron chi connectivity index (χ3n) is 9.39. The van der Waals surface area contributed by atoms with Crippen molar-refractivity contribution in [3.63, 3.8) is 0 Å². The summed E-state index contributed by atoms with van der Waals surface area (Å²) in [5.41, 5.74) is 1.48. The van der Waals surface area contributed by atoms with Crippen LogP contribution in [0.1, 0.15) is 19.2 Å². The van der Waals surface area contributed by atoms with Crippen molar-refractivity contribution in [1.29, 1.82) is 0 Å². The molecule has 51 heavy (non-hydrogen) atoms. The van der Waals surface area contributed by atoms with E-state index < -0.39 is 95.7 Å². The van der Waals surface area contributed by atoms with Gasteiger partial charge in [-0.1, -0.05) is 115 Å². The van der Waals surface area contributed by atoms with Crippen LogP contribution >= 0.6 is 11.3 Å². The van der Waals surface area contributed by atoms with Crippen LogP contribution in [-0.2, 0) is 0 Å². The summed E-state index contributed by atoms with van der Waals surface area (Å²) >= 11 is 1.60. The van der Waals surface area contributed by atoms with E-state index >= 15 is 0 Å². The normalized spacial score (nSPS) is 15.8. The lowest BCUT2D eigenvalue weighted by Crippen LogP contribution is -1.95. The van der Waals surface area contributed by atoms with E-state index in [4.69, 9.17) is 8.22 Å². The fourth-order valence-electron chi connectivity index (χ4n) is 7.15. The molecule has 0 spiro atoms. The van der Waals surface area contributed by atoms with Gasteiger partial charge in [0.25, 0.3) is 0 Å². The van der Waals surface area contributed by atoms with Gasteiger partial charge in [0.15, 0.2) is 0 Å². The minimum atomic E-state index is -0.610. The minimum Gasteiger partial charge on any atom is -0.309 e. The summed E-state index contributed by atoms with van der Waals surface area (Å²) in [6.07, 6.45) is 0. The van der Waals surface area contributed by atoms with Gasteiger partial charge in [-0.05, 0) is 83.3 Å². The average molecular weight is 681 g/mol. The molecule has 8 aromatic carbocycles. The fourth-order valence-corrected chi connectivity index (χ4v) is 8.37. The second kappa shape index (κ2) is 11.0. The van der Waals surface area contributed by atoms with Crippen LogP contribution in [-0.4, -0.2) is 9.13 Å². The van der Waals surface area contributed by atoms with Crippen LogP contribution in [0.5, 0.6) is 0 Å². The van der Waals surface area contributed by atoms with Crippen LogP contribution in [0.3, 0.4) is 0 Å². The molecule has 0 aliphatic heterocycles. The van der Waals surface area contributed by atoms with Crippen LogP contribution in [0.2, 0.25) is 0 Å². The molecular weight excluding hydrogens is 637 g/mol. The molecule has 2 nitrogen and oxygen atoms in total. The first-order valence-corrected chi connectivity index (χ1v) is 17.1. The number of benzene rings is 8. The molecule has 0 bridgehead atoms. The van der Waals surface area contributed by atoms with Gasteiger partial charge in [-0.2, -0.15) is 0 Å². The van der Waals surface area contributed by atoms with Crippen molar-refractivity contribution in [2.24, 2.45) is 0 Å². The Hall–Kier alpha value is -6.42. The topological polar surface area (TPSA) is 9.86 Å². The summed E-state index contributed by atoms with van der Waals surface area (Å²) in [5, 5.41) is 1.33. The molecule has 238 valence electrons. The minimum absolute atomic E-state index is 0.0334. The third-order valence-corrected chi connectivity index (χ3v) is 10.6. The second-order valence-electron chi connectivity index (χ2n) is 12.2. The largest absolute Gasteiger partial charge is 0.309 e. The van der Waals surface area contributed by atoms with E-state index in [1.54, 1.807) is 41.7 Å². The lowest BCUT2D eigenvalue weighted by molar-refractivity contribution is 1.18. The number of hydrogen-bond acceptors (Lipinski definition) is 1. The van der Waals surface area contributed by atoms with Gasteiger partial charge in [0, 0.05) is 58.7 Å². The van der Waals surface area contributed by atoms with Crippen LogP contribution in [0.15, 0.2) is 182 Å². The first-order valence-electron chi connectivity index (χ1n) is 23.3. The maximum Gasteiger partial charge on any atom is 0.0645 e. The average Bonchev–Trinajstić information content (AvgIpc) is 4.00. The summed E-state index contributed by atoms with van der Waals surface area (Å²) < 4.78 is 134. The molecule has 0 radical (unpaired) electrons. The Kier molecular flexibility index (Phi) is 3.90. The van der Waals surface area contributed by atoms with Crippen molar-refractivity contribution in [1.82, 2.24) is 9.13 Å². The first kappa shape index (κ1) is 18.0. The zero-order valence-electron chi connectivity index (χ0n) is 40.5. The van der Waals surface area contributed by atoms with Crippen molar-refractivity contribution >= 4 is 75.1 Å². The van der Waals surface area contributed by atoms with E-state index in [2.05, 4.69) is 0 Å². The molecular formula is C48H30N2S. The van der Waals surface area contributed by atoms with Gasteiger partial charge < -0.3 is 9.13 Å². The number of para-hydroxylation sites is 3. The summed E-state index contributed by atoms with van der Waals surface area (Å²) in [4.78, 5) is 0. The molecule has 3 heterocycles.